The van der Waals surface area contributed by atoms with Crippen molar-refractivity contribution in [3.63, 3.8) is 0 Å². The van der Waals surface area contributed by atoms with Crippen LogP contribution in [-0.2, 0) is 4.74 Å². The van der Waals surface area contributed by atoms with Crippen LogP contribution in [-0.4, -0.2) is 25.1 Å². The lowest BCUT2D eigenvalue weighted by Gasteiger charge is -2.36. The Balaban J connectivity index is 1.99. The maximum Gasteiger partial charge on any atom is 0.248 e. The minimum atomic E-state index is -2.44. The van der Waals surface area contributed by atoms with Crippen LogP contribution in [0.1, 0.15) is 45.4 Å². The summed E-state index contributed by atoms with van der Waals surface area (Å²) in [5.74, 6) is -2.11. The Hall–Kier alpha value is -0.640. The molecule has 0 radical (unpaired) electrons. The third-order valence-electron chi connectivity index (χ3n) is 4.02. The molecule has 104 valence electrons. The summed E-state index contributed by atoms with van der Waals surface area (Å²) in [6, 6.07) is 0.228. The summed E-state index contributed by atoms with van der Waals surface area (Å²) in [5.41, 5.74) is 1.26. The first-order valence-electron chi connectivity index (χ1n) is 7.04. The van der Waals surface area contributed by atoms with E-state index in [0.717, 1.165) is 26.0 Å². The van der Waals surface area contributed by atoms with E-state index >= 15 is 0 Å². The van der Waals surface area contributed by atoms with Crippen LogP contribution in [0.25, 0.3) is 0 Å². The summed E-state index contributed by atoms with van der Waals surface area (Å²) >= 11 is 0. The fourth-order valence-electron chi connectivity index (χ4n) is 3.03. The van der Waals surface area contributed by atoms with Crippen molar-refractivity contribution in [1.82, 2.24) is 5.32 Å². The molecule has 0 aromatic heterocycles. The first-order valence-corrected chi connectivity index (χ1v) is 7.04. The van der Waals surface area contributed by atoms with E-state index in [4.69, 9.17) is 4.74 Å². The zero-order chi connectivity index (χ0) is 13.0. The summed E-state index contributed by atoms with van der Waals surface area (Å²) in [6.07, 6.45) is 5.22. The van der Waals surface area contributed by atoms with E-state index in [1.165, 1.54) is 5.57 Å². The van der Waals surface area contributed by atoms with Crippen LogP contribution in [0.3, 0.4) is 0 Å². The average Bonchev–Trinajstić information content (AvgIpc) is 2.38. The number of hydrogen-bond donors (Lipinski definition) is 1. The molecule has 1 atom stereocenters. The maximum absolute atomic E-state index is 13.2. The molecule has 0 aromatic rings. The highest BCUT2D eigenvalue weighted by Crippen LogP contribution is 2.39. The number of rotatable bonds is 4. The molecule has 4 heteroatoms. The van der Waals surface area contributed by atoms with Gasteiger partial charge in [0.1, 0.15) is 0 Å². The predicted octanol–water partition coefficient (Wildman–Crippen LogP) is 3.48. The molecule has 0 bridgehead atoms. The molecule has 1 fully saturated rings. The zero-order valence-electron chi connectivity index (χ0n) is 11.1. The summed E-state index contributed by atoms with van der Waals surface area (Å²) in [6.45, 7) is 3.72. The van der Waals surface area contributed by atoms with E-state index in [-0.39, 0.29) is 18.9 Å². The van der Waals surface area contributed by atoms with Crippen LogP contribution in [0.2, 0.25) is 0 Å². The fraction of sp³-hybridized carbons (Fsp3) is 0.857. The van der Waals surface area contributed by atoms with E-state index in [1.807, 2.05) is 6.26 Å². The van der Waals surface area contributed by atoms with E-state index in [1.54, 1.807) is 0 Å². The van der Waals surface area contributed by atoms with Gasteiger partial charge in [-0.3, -0.25) is 0 Å². The minimum Gasteiger partial charge on any atom is -0.501 e. The molecule has 0 spiro atoms. The highest BCUT2D eigenvalue weighted by molar-refractivity contribution is 5.12. The molecule has 0 saturated heterocycles. The third kappa shape index (κ3) is 3.44. The molecule has 1 heterocycles. The standard InChI is InChI=1S/C14H23F2NO/c1-2-17-13(12-4-3-9-18-10-12)11-5-7-14(15,16)8-6-11/h10-11,13,17H,2-9H2,1H3. The summed E-state index contributed by atoms with van der Waals surface area (Å²) in [7, 11) is 0. The molecule has 1 unspecified atom stereocenters. The fourth-order valence-corrected chi connectivity index (χ4v) is 3.03. The lowest BCUT2D eigenvalue weighted by atomic mass is 9.78. The van der Waals surface area contributed by atoms with Crippen molar-refractivity contribution >= 4 is 0 Å². The van der Waals surface area contributed by atoms with E-state index in [2.05, 4.69) is 12.2 Å². The second-order valence-corrected chi connectivity index (χ2v) is 5.40. The summed E-state index contributed by atoms with van der Waals surface area (Å²) in [4.78, 5) is 0. The SMILES string of the molecule is CCNC(C1=COCCC1)C1CCC(F)(F)CC1. The molecule has 0 amide bonds. The van der Waals surface area contributed by atoms with Gasteiger partial charge in [0.2, 0.25) is 5.92 Å². The van der Waals surface area contributed by atoms with Gasteiger partial charge in [-0.05, 0) is 43.7 Å². The molecular formula is C14H23F2NO. The second-order valence-electron chi connectivity index (χ2n) is 5.40. The van der Waals surface area contributed by atoms with Crippen LogP contribution in [0.5, 0.6) is 0 Å². The van der Waals surface area contributed by atoms with Gasteiger partial charge in [-0.15, -0.1) is 0 Å². The summed E-state index contributed by atoms with van der Waals surface area (Å²) < 4.78 is 31.8. The molecule has 1 N–H and O–H groups in total. The Morgan fingerprint density at radius 3 is 2.72 bits per heavy atom. The van der Waals surface area contributed by atoms with Gasteiger partial charge in [0.25, 0.3) is 0 Å². The van der Waals surface area contributed by atoms with Gasteiger partial charge in [-0.2, -0.15) is 0 Å². The van der Waals surface area contributed by atoms with Gasteiger partial charge in [0.15, 0.2) is 0 Å². The highest BCUT2D eigenvalue weighted by atomic mass is 19.3. The number of ether oxygens (including phenoxy) is 1. The maximum atomic E-state index is 13.2. The van der Waals surface area contributed by atoms with E-state index in [9.17, 15) is 8.78 Å². The monoisotopic (exact) mass is 259 g/mol. The number of halogens is 2. The Kier molecular flexibility index (Phi) is 4.60. The minimum absolute atomic E-state index is 0.0354. The van der Waals surface area contributed by atoms with E-state index < -0.39 is 5.92 Å². The smallest absolute Gasteiger partial charge is 0.248 e. The Labute approximate surface area is 108 Å². The number of alkyl halides is 2. The topological polar surface area (TPSA) is 21.3 Å². The molecule has 1 aliphatic carbocycles. The molecule has 1 saturated carbocycles. The van der Waals surface area contributed by atoms with Crippen LogP contribution >= 0.6 is 0 Å². The van der Waals surface area contributed by atoms with Crippen molar-refractivity contribution in [3.05, 3.63) is 11.8 Å². The van der Waals surface area contributed by atoms with Crippen molar-refractivity contribution in [2.75, 3.05) is 13.2 Å². The predicted molar refractivity (Wildman–Crippen MR) is 67.6 cm³/mol. The largest absolute Gasteiger partial charge is 0.501 e. The third-order valence-corrected chi connectivity index (χ3v) is 4.02. The van der Waals surface area contributed by atoms with Crippen LogP contribution in [0.15, 0.2) is 11.8 Å². The van der Waals surface area contributed by atoms with Crippen LogP contribution in [0.4, 0.5) is 8.78 Å². The average molecular weight is 259 g/mol. The van der Waals surface area contributed by atoms with Crippen molar-refractivity contribution in [2.45, 2.75) is 57.4 Å². The first kappa shape index (κ1) is 13.8. The molecule has 2 rings (SSSR count). The van der Waals surface area contributed by atoms with Gasteiger partial charge < -0.3 is 10.1 Å². The van der Waals surface area contributed by atoms with Gasteiger partial charge in [0.05, 0.1) is 12.9 Å². The quantitative estimate of drug-likeness (QED) is 0.834. The van der Waals surface area contributed by atoms with Gasteiger partial charge >= 0.3 is 0 Å². The number of hydrogen-bond acceptors (Lipinski definition) is 2. The lowest BCUT2D eigenvalue weighted by Crippen LogP contribution is -2.41. The summed E-state index contributed by atoms with van der Waals surface area (Å²) in [5, 5.41) is 3.46. The molecule has 2 aliphatic rings. The van der Waals surface area contributed by atoms with Crippen molar-refractivity contribution in [2.24, 2.45) is 5.92 Å². The highest BCUT2D eigenvalue weighted by Gasteiger charge is 2.38. The number of likely N-dealkylation sites (N-methyl/N-ethyl adjacent to an activating group) is 1. The zero-order valence-corrected chi connectivity index (χ0v) is 11.1. The number of nitrogens with one attached hydrogen (secondary N) is 1. The molecule has 2 nitrogen and oxygen atoms in total. The molecular weight excluding hydrogens is 236 g/mol. The van der Waals surface area contributed by atoms with Gasteiger partial charge in [-0.1, -0.05) is 6.92 Å². The van der Waals surface area contributed by atoms with Gasteiger partial charge in [0, 0.05) is 18.9 Å². The molecule has 18 heavy (non-hydrogen) atoms. The van der Waals surface area contributed by atoms with Crippen LogP contribution in [0, 0.1) is 5.92 Å². The Morgan fingerprint density at radius 2 is 2.17 bits per heavy atom. The van der Waals surface area contributed by atoms with E-state index in [0.29, 0.717) is 18.8 Å². The van der Waals surface area contributed by atoms with Gasteiger partial charge in [-0.25, -0.2) is 8.78 Å². The van der Waals surface area contributed by atoms with Crippen molar-refractivity contribution in [3.8, 4) is 0 Å². The Morgan fingerprint density at radius 1 is 1.44 bits per heavy atom. The molecule has 1 aliphatic heterocycles. The van der Waals surface area contributed by atoms with Crippen LogP contribution < -0.4 is 5.32 Å². The normalized spacial score (nSPS) is 26.3. The lowest BCUT2D eigenvalue weighted by molar-refractivity contribution is -0.0484. The first-order chi connectivity index (χ1) is 8.62. The second kappa shape index (κ2) is 6.00. The molecule has 0 aromatic carbocycles. The van der Waals surface area contributed by atoms with Crippen molar-refractivity contribution < 1.29 is 13.5 Å². The van der Waals surface area contributed by atoms with Crippen molar-refractivity contribution in [1.29, 1.82) is 0 Å². The Bertz CT molecular complexity index is 294.